The molecule has 2 amide bonds. The van der Waals surface area contributed by atoms with Crippen LogP contribution in [0.5, 0.6) is 0 Å². The Labute approximate surface area is 192 Å². The second kappa shape index (κ2) is 10.2. The Hall–Kier alpha value is -3.58. The number of nitrogens with zero attached hydrogens (tertiary/aromatic N) is 3. The van der Waals surface area contributed by atoms with Crippen molar-refractivity contribution in [2.75, 3.05) is 24.4 Å². The summed E-state index contributed by atoms with van der Waals surface area (Å²) in [5.74, 6) is -0.305. The van der Waals surface area contributed by atoms with E-state index >= 15 is 0 Å². The first-order valence-corrected chi connectivity index (χ1v) is 10.4. The number of amides is 2. The van der Waals surface area contributed by atoms with Crippen LogP contribution in [0, 0.1) is 13.8 Å². The molecule has 0 aliphatic rings. The van der Waals surface area contributed by atoms with Crippen molar-refractivity contribution in [2.45, 2.75) is 20.4 Å². The molecule has 0 atom stereocenters. The molecule has 0 spiro atoms. The molecule has 0 unspecified atom stereocenters. The zero-order valence-electron chi connectivity index (χ0n) is 18.4. The number of anilines is 2. The lowest BCUT2D eigenvalue weighted by atomic mass is 10.1. The fraction of sp³-hybridized carbons (Fsp3) is 0.208. The van der Waals surface area contributed by atoms with Crippen LogP contribution in [-0.2, 0) is 16.1 Å². The maximum absolute atomic E-state index is 12.4. The summed E-state index contributed by atoms with van der Waals surface area (Å²) in [5.41, 5.74) is 4.96. The molecule has 0 saturated heterocycles. The first-order chi connectivity index (χ1) is 15.3. The maximum atomic E-state index is 12.4. The summed E-state index contributed by atoms with van der Waals surface area (Å²) in [4.78, 5) is 25.3. The van der Waals surface area contributed by atoms with Crippen LogP contribution in [0.4, 0.5) is 16.2 Å². The third kappa shape index (κ3) is 5.56. The normalized spacial score (nSPS) is 10.9. The molecule has 2 aromatic carbocycles. The molecule has 1 aromatic heterocycles. The molecular formula is C24H25ClN4O3. The van der Waals surface area contributed by atoms with Gasteiger partial charge in [-0.25, -0.2) is 9.48 Å². The van der Waals surface area contributed by atoms with Gasteiger partial charge in [-0.15, -0.1) is 0 Å². The van der Waals surface area contributed by atoms with Crippen LogP contribution in [0.1, 0.15) is 22.4 Å². The molecule has 3 aromatic rings. The van der Waals surface area contributed by atoms with E-state index in [-0.39, 0.29) is 5.91 Å². The highest BCUT2D eigenvalue weighted by Crippen LogP contribution is 2.23. The van der Waals surface area contributed by atoms with Gasteiger partial charge in [0.2, 0.25) is 5.91 Å². The summed E-state index contributed by atoms with van der Waals surface area (Å²) in [6, 6.07) is 15.0. The van der Waals surface area contributed by atoms with Gasteiger partial charge in [0.1, 0.15) is 5.15 Å². The Bertz CT molecular complexity index is 1140. The minimum absolute atomic E-state index is 0.305. The largest absolute Gasteiger partial charge is 0.452 e. The highest BCUT2D eigenvalue weighted by molar-refractivity contribution is 6.31. The summed E-state index contributed by atoms with van der Waals surface area (Å²) in [6.07, 6.45) is 2.60. The van der Waals surface area contributed by atoms with Crippen LogP contribution in [0.2, 0.25) is 5.15 Å². The topological polar surface area (TPSA) is 76.5 Å². The van der Waals surface area contributed by atoms with Gasteiger partial charge in [0.15, 0.2) is 0 Å². The first-order valence-electron chi connectivity index (χ1n) is 9.97. The van der Waals surface area contributed by atoms with Crippen LogP contribution in [0.25, 0.3) is 6.08 Å². The number of hydrogen-bond donors (Lipinski definition) is 1. The van der Waals surface area contributed by atoms with E-state index in [1.165, 1.54) is 23.6 Å². The van der Waals surface area contributed by atoms with Gasteiger partial charge in [-0.3, -0.25) is 9.69 Å². The Kier molecular flexibility index (Phi) is 7.33. The second-order valence-electron chi connectivity index (χ2n) is 7.33. The third-order valence-electron chi connectivity index (χ3n) is 4.93. The number of aromatic nitrogens is 2. The van der Waals surface area contributed by atoms with E-state index in [4.69, 9.17) is 11.6 Å². The number of carbonyl (C=O) groups is 2. The molecular weight excluding hydrogens is 428 g/mol. The molecule has 1 heterocycles. The van der Waals surface area contributed by atoms with Gasteiger partial charge in [0.25, 0.3) is 0 Å². The van der Waals surface area contributed by atoms with Crippen LogP contribution in [0.3, 0.4) is 0 Å². The van der Waals surface area contributed by atoms with Gasteiger partial charge < -0.3 is 10.1 Å². The number of rotatable bonds is 6. The number of aryl methyl sites for hydroxylation is 2. The zero-order chi connectivity index (χ0) is 23.3. The predicted octanol–water partition coefficient (Wildman–Crippen LogP) is 5.06. The van der Waals surface area contributed by atoms with E-state index in [9.17, 15) is 9.59 Å². The van der Waals surface area contributed by atoms with E-state index in [0.717, 1.165) is 11.3 Å². The molecule has 3 rings (SSSR count). The van der Waals surface area contributed by atoms with E-state index < -0.39 is 6.09 Å². The van der Waals surface area contributed by atoms with Gasteiger partial charge in [-0.1, -0.05) is 41.4 Å². The minimum atomic E-state index is -0.472. The number of nitrogens with one attached hydrogen (secondary N) is 1. The van der Waals surface area contributed by atoms with Crippen molar-refractivity contribution < 1.29 is 14.3 Å². The van der Waals surface area contributed by atoms with Gasteiger partial charge in [0, 0.05) is 30.1 Å². The third-order valence-corrected chi connectivity index (χ3v) is 5.33. The molecule has 7 nitrogen and oxygen atoms in total. The molecule has 0 aliphatic carbocycles. The van der Waals surface area contributed by atoms with Crippen molar-refractivity contribution in [1.29, 1.82) is 0 Å². The number of methoxy groups -OCH3 is 1. The summed E-state index contributed by atoms with van der Waals surface area (Å²) < 4.78 is 6.40. The summed E-state index contributed by atoms with van der Waals surface area (Å²) in [5, 5.41) is 7.75. The van der Waals surface area contributed by atoms with E-state index in [2.05, 4.69) is 15.2 Å². The highest BCUT2D eigenvalue weighted by atomic mass is 35.5. The molecule has 0 radical (unpaired) electrons. The maximum Gasteiger partial charge on any atom is 0.413 e. The Balaban J connectivity index is 1.66. The van der Waals surface area contributed by atoms with Crippen molar-refractivity contribution in [3.8, 4) is 0 Å². The van der Waals surface area contributed by atoms with Crippen LogP contribution < -0.4 is 10.2 Å². The average Bonchev–Trinajstić information content (AvgIpc) is 3.05. The fourth-order valence-electron chi connectivity index (χ4n) is 3.08. The van der Waals surface area contributed by atoms with Crippen LogP contribution >= 0.6 is 11.6 Å². The molecule has 1 N–H and O–H groups in total. The standard InChI is InChI=1S/C24H25ClN4O3/c1-16-5-7-18(8-6-16)15-29-23(25)21(17(2)27-29)13-14-22(30)26-19-9-11-20(12-10-19)28(3)24(31)32-4/h5-14H,15H2,1-4H3,(H,26,30). The van der Waals surface area contributed by atoms with Gasteiger partial charge in [0.05, 0.1) is 19.3 Å². The fourth-order valence-corrected chi connectivity index (χ4v) is 3.38. The van der Waals surface area contributed by atoms with E-state index in [1.807, 2.05) is 38.1 Å². The summed E-state index contributed by atoms with van der Waals surface area (Å²) in [6.45, 7) is 4.44. The van der Waals surface area contributed by atoms with Crippen molar-refractivity contribution in [2.24, 2.45) is 0 Å². The first kappa shape index (κ1) is 23.1. The number of benzene rings is 2. The molecule has 32 heavy (non-hydrogen) atoms. The molecule has 0 bridgehead atoms. The number of ether oxygens (including phenoxy) is 1. The summed E-state index contributed by atoms with van der Waals surface area (Å²) >= 11 is 6.51. The SMILES string of the molecule is COC(=O)N(C)c1ccc(NC(=O)C=Cc2c(C)nn(Cc3ccc(C)cc3)c2Cl)cc1. The number of halogens is 1. The van der Waals surface area contributed by atoms with Crippen molar-refractivity contribution in [3.05, 3.63) is 82.1 Å². The lowest BCUT2D eigenvalue weighted by molar-refractivity contribution is -0.111. The molecule has 8 heteroatoms. The number of hydrogen-bond acceptors (Lipinski definition) is 4. The molecule has 0 fully saturated rings. The Morgan fingerprint density at radius 3 is 2.41 bits per heavy atom. The Morgan fingerprint density at radius 2 is 1.78 bits per heavy atom. The van der Waals surface area contributed by atoms with Crippen molar-refractivity contribution in [1.82, 2.24) is 9.78 Å². The van der Waals surface area contributed by atoms with Crippen LogP contribution in [0.15, 0.2) is 54.6 Å². The minimum Gasteiger partial charge on any atom is -0.452 e. The zero-order valence-corrected chi connectivity index (χ0v) is 19.2. The lowest BCUT2D eigenvalue weighted by Crippen LogP contribution is -2.25. The van der Waals surface area contributed by atoms with Crippen LogP contribution in [-0.4, -0.2) is 35.9 Å². The monoisotopic (exact) mass is 452 g/mol. The van der Waals surface area contributed by atoms with Gasteiger partial charge >= 0.3 is 6.09 Å². The van der Waals surface area contributed by atoms with Gasteiger partial charge in [-0.2, -0.15) is 5.10 Å². The summed E-state index contributed by atoms with van der Waals surface area (Å²) in [7, 11) is 2.92. The average molecular weight is 453 g/mol. The van der Waals surface area contributed by atoms with E-state index in [0.29, 0.717) is 28.6 Å². The smallest absolute Gasteiger partial charge is 0.413 e. The Morgan fingerprint density at radius 1 is 1.12 bits per heavy atom. The van der Waals surface area contributed by atoms with Gasteiger partial charge in [-0.05, 0) is 49.8 Å². The lowest BCUT2D eigenvalue weighted by Gasteiger charge is -2.15. The van der Waals surface area contributed by atoms with E-state index in [1.54, 1.807) is 42.1 Å². The highest BCUT2D eigenvalue weighted by Gasteiger charge is 2.13. The molecule has 0 aliphatic heterocycles. The van der Waals surface area contributed by atoms with Crippen molar-refractivity contribution >= 4 is 41.1 Å². The number of carbonyl (C=O) groups excluding carboxylic acids is 2. The molecule has 0 saturated carbocycles. The molecule has 166 valence electrons. The predicted molar refractivity (Wildman–Crippen MR) is 127 cm³/mol. The van der Waals surface area contributed by atoms with Crippen molar-refractivity contribution in [3.63, 3.8) is 0 Å². The second-order valence-corrected chi connectivity index (χ2v) is 7.69. The quantitative estimate of drug-likeness (QED) is 0.530.